The normalized spacial score (nSPS) is 20.8. The van der Waals surface area contributed by atoms with Crippen LogP contribution in [0.25, 0.3) is 0 Å². The number of rotatable bonds is 2. The average Bonchev–Trinajstić information content (AvgIpc) is 2.44. The Kier molecular flexibility index (Phi) is 3.50. The SMILES string of the molecule is Cc1cc(C)c(CC2(N)CCOc3ccccc32)c(C)c1. The van der Waals surface area contributed by atoms with E-state index in [1.165, 1.54) is 22.3 Å². The third kappa shape index (κ3) is 2.56. The topological polar surface area (TPSA) is 35.2 Å². The first-order valence-electron chi connectivity index (χ1n) is 7.57. The summed E-state index contributed by atoms with van der Waals surface area (Å²) in [5.41, 5.74) is 13.0. The van der Waals surface area contributed by atoms with Crippen LogP contribution in [0.5, 0.6) is 5.75 Å². The highest BCUT2D eigenvalue weighted by molar-refractivity contribution is 5.45. The van der Waals surface area contributed by atoms with Gasteiger partial charge in [0.25, 0.3) is 0 Å². The molecule has 0 bridgehead atoms. The van der Waals surface area contributed by atoms with Gasteiger partial charge in [-0.1, -0.05) is 35.9 Å². The van der Waals surface area contributed by atoms with Crippen molar-refractivity contribution in [3.8, 4) is 5.75 Å². The zero-order valence-corrected chi connectivity index (χ0v) is 13.1. The number of hydrogen-bond acceptors (Lipinski definition) is 2. The number of ether oxygens (including phenoxy) is 1. The van der Waals surface area contributed by atoms with Gasteiger partial charge in [0.2, 0.25) is 0 Å². The molecule has 2 N–H and O–H groups in total. The zero-order valence-electron chi connectivity index (χ0n) is 13.1. The molecule has 0 amide bonds. The molecule has 0 saturated carbocycles. The van der Waals surface area contributed by atoms with E-state index in [4.69, 9.17) is 10.5 Å². The van der Waals surface area contributed by atoms with Crippen molar-refractivity contribution in [1.29, 1.82) is 0 Å². The number of para-hydroxylation sites is 1. The summed E-state index contributed by atoms with van der Waals surface area (Å²) in [4.78, 5) is 0. The van der Waals surface area contributed by atoms with Crippen LogP contribution in [0.1, 0.15) is 34.2 Å². The summed E-state index contributed by atoms with van der Waals surface area (Å²) in [6.07, 6.45) is 1.72. The molecule has 2 aromatic rings. The van der Waals surface area contributed by atoms with E-state index in [1.54, 1.807) is 0 Å². The van der Waals surface area contributed by atoms with Crippen LogP contribution in [-0.2, 0) is 12.0 Å². The molecule has 0 fully saturated rings. The van der Waals surface area contributed by atoms with E-state index >= 15 is 0 Å². The van der Waals surface area contributed by atoms with E-state index < -0.39 is 0 Å². The Hall–Kier alpha value is -1.80. The molecule has 0 radical (unpaired) electrons. The maximum Gasteiger partial charge on any atom is 0.124 e. The van der Waals surface area contributed by atoms with Crippen LogP contribution in [-0.4, -0.2) is 6.61 Å². The number of hydrogen-bond donors (Lipinski definition) is 1. The summed E-state index contributed by atoms with van der Waals surface area (Å²) < 4.78 is 5.76. The van der Waals surface area contributed by atoms with Gasteiger partial charge in [0.1, 0.15) is 5.75 Å². The van der Waals surface area contributed by atoms with Crippen molar-refractivity contribution in [2.45, 2.75) is 39.2 Å². The van der Waals surface area contributed by atoms with Gasteiger partial charge in [-0.05, 0) is 49.9 Å². The second-order valence-corrected chi connectivity index (χ2v) is 6.30. The van der Waals surface area contributed by atoms with E-state index in [0.717, 1.165) is 24.2 Å². The number of benzene rings is 2. The van der Waals surface area contributed by atoms with E-state index in [-0.39, 0.29) is 5.54 Å². The molecule has 1 aliphatic heterocycles. The summed E-state index contributed by atoms with van der Waals surface area (Å²) in [6.45, 7) is 7.21. The van der Waals surface area contributed by atoms with Crippen LogP contribution in [0.3, 0.4) is 0 Å². The first kappa shape index (κ1) is 14.2. The van der Waals surface area contributed by atoms with E-state index in [0.29, 0.717) is 6.61 Å². The molecule has 1 heterocycles. The van der Waals surface area contributed by atoms with Crippen LogP contribution in [0.2, 0.25) is 0 Å². The van der Waals surface area contributed by atoms with Crippen molar-refractivity contribution in [2.75, 3.05) is 6.61 Å². The number of aryl methyl sites for hydroxylation is 3. The highest BCUT2D eigenvalue weighted by Crippen LogP contribution is 2.38. The number of fused-ring (bicyclic) bond motifs is 1. The third-order valence-electron chi connectivity index (χ3n) is 4.56. The van der Waals surface area contributed by atoms with Crippen LogP contribution in [0.4, 0.5) is 0 Å². The molecule has 1 aliphatic rings. The van der Waals surface area contributed by atoms with Gasteiger partial charge in [-0.25, -0.2) is 0 Å². The summed E-state index contributed by atoms with van der Waals surface area (Å²) in [5, 5.41) is 0. The number of nitrogens with two attached hydrogens (primary N) is 1. The predicted molar refractivity (Wildman–Crippen MR) is 86.8 cm³/mol. The molecule has 0 aromatic heterocycles. The van der Waals surface area contributed by atoms with E-state index in [2.05, 4.69) is 39.0 Å². The summed E-state index contributed by atoms with van der Waals surface area (Å²) in [5.74, 6) is 0.939. The molecular weight excluding hydrogens is 258 g/mol. The largest absolute Gasteiger partial charge is 0.493 e. The zero-order chi connectivity index (χ0) is 15.0. The average molecular weight is 281 g/mol. The highest BCUT2D eigenvalue weighted by Gasteiger charge is 2.34. The lowest BCUT2D eigenvalue weighted by Gasteiger charge is -2.36. The molecule has 2 heteroatoms. The van der Waals surface area contributed by atoms with Crippen LogP contribution < -0.4 is 10.5 Å². The lowest BCUT2D eigenvalue weighted by atomic mass is 9.78. The first-order valence-corrected chi connectivity index (χ1v) is 7.57. The van der Waals surface area contributed by atoms with Crippen LogP contribution in [0.15, 0.2) is 36.4 Å². The van der Waals surface area contributed by atoms with Crippen LogP contribution >= 0.6 is 0 Å². The van der Waals surface area contributed by atoms with Crippen molar-refractivity contribution in [3.05, 3.63) is 64.2 Å². The second kappa shape index (κ2) is 5.19. The van der Waals surface area contributed by atoms with E-state index in [9.17, 15) is 0 Å². The van der Waals surface area contributed by atoms with Crippen molar-refractivity contribution >= 4 is 0 Å². The molecule has 0 saturated heterocycles. The molecule has 2 aromatic carbocycles. The minimum Gasteiger partial charge on any atom is -0.493 e. The maximum absolute atomic E-state index is 6.80. The molecular formula is C19H23NO. The fourth-order valence-electron chi connectivity index (χ4n) is 3.47. The van der Waals surface area contributed by atoms with Gasteiger partial charge in [-0.15, -0.1) is 0 Å². The Labute approximate surface area is 126 Å². The summed E-state index contributed by atoms with van der Waals surface area (Å²) in [6, 6.07) is 12.7. The van der Waals surface area contributed by atoms with Crippen molar-refractivity contribution < 1.29 is 4.74 Å². The molecule has 1 unspecified atom stereocenters. The predicted octanol–water partition coefficient (Wildman–Crippen LogP) is 3.79. The molecule has 0 spiro atoms. The monoisotopic (exact) mass is 281 g/mol. The molecule has 21 heavy (non-hydrogen) atoms. The van der Waals surface area contributed by atoms with Gasteiger partial charge in [0.05, 0.1) is 12.1 Å². The van der Waals surface area contributed by atoms with Gasteiger partial charge < -0.3 is 10.5 Å². The molecule has 0 aliphatic carbocycles. The lowest BCUT2D eigenvalue weighted by molar-refractivity contribution is 0.215. The Morgan fingerprint density at radius 2 is 1.76 bits per heavy atom. The quantitative estimate of drug-likeness (QED) is 0.909. The lowest BCUT2D eigenvalue weighted by Crippen LogP contribution is -2.43. The molecule has 2 nitrogen and oxygen atoms in total. The smallest absolute Gasteiger partial charge is 0.124 e. The van der Waals surface area contributed by atoms with Gasteiger partial charge in [-0.2, -0.15) is 0 Å². The van der Waals surface area contributed by atoms with Gasteiger partial charge in [0, 0.05) is 12.0 Å². The molecule has 3 rings (SSSR count). The minimum absolute atomic E-state index is 0.334. The maximum atomic E-state index is 6.80. The van der Waals surface area contributed by atoms with Crippen LogP contribution in [0, 0.1) is 20.8 Å². The van der Waals surface area contributed by atoms with Gasteiger partial charge in [0.15, 0.2) is 0 Å². The Bertz CT molecular complexity index is 654. The van der Waals surface area contributed by atoms with Gasteiger partial charge in [-0.3, -0.25) is 0 Å². The highest BCUT2D eigenvalue weighted by atomic mass is 16.5. The fraction of sp³-hybridized carbons (Fsp3) is 0.368. The Morgan fingerprint density at radius 3 is 2.48 bits per heavy atom. The second-order valence-electron chi connectivity index (χ2n) is 6.30. The summed E-state index contributed by atoms with van der Waals surface area (Å²) in [7, 11) is 0. The molecule has 1 atom stereocenters. The van der Waals surface area contributed by atoms with Crippen molar-refractivity contribution in [1.82, 2.24) is 0 Å². The standard InChI is InChI=1S/C19H23NO/c1-13-10-14(2)16(15(3)11-13)12-19(20)8-9-21-18-7-5-4-6-17(18)19/h4-7,10-11H,8-9,12,20H2,1-3H3. The van der Waals surface area contributed by atoms with E-state index in [1.807, 2.05) is 18.2 Å². The first-order chi connectivity index (χ1) is 9.99. The van der Waals surface area contributed by atoms with Crippen molar-refractivity contribution in [3.63, 3.8) is 0 Å². The van der Waals surface area contributed by atoms with Gasteiger partial charge >= 0.3 is 0 Å². The Balaban J connectivity index is 2.03. The fourth-order valence-corrected chi connectivity index (χ4v) is 3.47. The third-order valence-corrected chi connectivity index (χ3v) is 4.56. The minimum atomic E-state index is -0.334. The summed E-state index contributed by atoms with van der Waals surface area (Å²) >= 11 is 0. The molecule has 110 valence electrons. The Morgan fingerprint density at radius 1 is 1.10 bits per heavy atom. The van der Waals surface area contributed by atoms with Crippen molar-refractivity contribution in [2.24, 2.45) is 5.73 Å².